The van der Waals surface area contributed by atoms with E-state index in [0.29, 0.717) is 19.5 Å². The molecule has 1 amide bonds. The molecule has 1 aliphatic heterocycles. The van der Waals surface area contributed by atoms with E-state index >= 15 is 0 Å². The van der Waals surface area contributed by atoms with Crippen LogP contribution in [0.4, 0.5) is 0 Å². The maximum Gasteiger partial charge on any atom is 0.222 e. The van der Waals surface area contributed by atoms with Crippen molar-refractivity contribution in [3.05, 3.63) is 70.2 Å². The van der Waals surface area contributed by atoms with Crippen LogP contribution in [-0.2, 0) is 24.4 Å². The molecule has 1 saturated heterocycles. The molecule has 0 aromatic heterocycles. The van der Waals surface area contributed by atoms with Crippen LogP contribution in [0.1, 0.15) is 29.5 Å². The molecule has 3 rings (SSSR count). The highest BCUT2D eigenvalue weighted by atomic mass is 127. The van der Waals surface area contributed by atoms with Crippen molar-refractivity contribution in [3.8, 4) is 0 Å². The smallest absolute Gasteiger partial charge is 0.222 e. The second-order valence-electron chi connectivity index (χ2n) is 7.12. The van der Waals surface area contributed by atoms with Crippen molar-refractivity contribution in [2.45, 2.75) is 32.5 Å². The first-order chi connectivity index (χ1) is 13.5. The number of aliphatic imine (C=N–C) groups is 1. The Kier molecular flexibility index (Phi) is 9.23. The van der Waals surface area contributed by atoms with Gasteiger partial charge in [-0.1, -0.05) is 48.0 Å². The molecule has 1 N–H and O–H groups in total. The predicted molar refractivity (Wildman–Crippen MR) is 130 cm³/mol. The molecule has 156 valence electrons. The molecule has 1 aliphatic rings. The molecule has 1 fully saturated rings. The summed E-state index contributed by atoms with van der Waals surface area (Å²) in [5.41, 5.74) is 3.48. The number of guanidine groups is 1. The van der Waals surface area contributed by atoms with Gasteiger partial charge in [-0.3, -0.25) is 9.79 Å². The maximum atomic E-state index is 11.8. The molecule has 7 heteroatoms. The van der Waals surface area contributed by atoms with Crippen molar-refractivity contribution in [1.82, 2.24) is 15.1 Å². The number of rotatable bonds is 6. The van der Waals surface area contributed by atoms with Gasteiger partial charge in [0, 0.05) is 51.7 Å². The first kappa shape index (κ1) is 23.5. The summed E-state index contributed by atoms with van der Waals surface area (Å²) in [6.45, 7) is 2.99. The highest BCUT2D eigenvalue weighted by Gasteiger charge is 2.19. The molecule has 5 nitrogen and oxygen atoms in total. The van der Waals surface area contributed by atoms with Crippen LogP contribution in [0.25, 0.3) is 0 Å². The monoisotopic (exact) mass is 526 g/mol. The van der Waals surface area contributed by atoms with Crippen molar-refractivity contribution >= 4 is 47.4 Å². The number of hydrogen-bond acceptors (Lipinski definition) is 2. The number of carbonyl (C=O) groups excluding carboxylic acids is 1. The fourth-order valence-corrected chi connectivity index (χ4v) is 3.62. The lowest BCUT2D eigenvalue weighted by Crippen LogP contribution is -2.38. The van der Waals surface area contributed by atoms with Gasteiger partial charge in [-0.05, 0) is 35.2 Å². The number of halogens is 2. The standard InChI is InChI=1S/C22H27ClN4O.HI/c1-24-22(26(2)15-19-5-3-6-20(23)13-19)25-14-17-8-10-18(11-9-17)16-27-12-4-7-21(27)28;/h3,5-6,8-11,13H,4,7,12,14-16H2,1-2H3,(H,24,25);1H. The van der Waals surface area contributed by atoms with E-state index in [1.54, 1.807) is 7.05 Å². The SMILES string of the molecule is CN=C(NCc1ccc(CN2CCCC2=O)cc1)N(C)Cc1cccc(Cl)c1.I. The molecule has 0 unspecified atom stereocenters. The molecular formula is C22H28ClIN4O. The van der Waals surface area contributed by atoms with Gasteiger partial charge in [0.2, 0.25) is 5.91 Å². The lowest BCUT2D eigenvalue weighted by atomic mass is 10.1. The third-order valence-electron chi connectivity index (χ3n) is 4.90. The van der Waals surface area contributed by atoms with E-state index in [1.807, 2.05) is 30.1 Å². The minimum Gasteiger partial charge on any atom is -0.352 e. The zero-order valence-corrected chi connectivity index (χ0v) is 20.0. The summed E-state index contributed by atoms with van der Waals surface area (Å²) in [4.78, 5) is 20.1. The summed E-state index contributed by atoms with van der Waals surface area (Å²) < 4.78 is 0. The molecule has 0 bridgehead atoms. The summed E-state index contributed by atoms with van der Waals surface area (Å²) in [5.74, 6) is 1.09. The Morgan fingerprint density at radius 2 is 1.90 bits per heavy atom. The Morgan fingerprint density at radius 3 is 2.52 bits per heavy atom. The number of hydrogen-bond donors (Lipinski definition) is 1. The summed E-state index contributed by atoms with van der Waals surface area (Å²) in [7, 11) is 3.79. The lowest BCUT2D eigenvalue weighted by Gasteiger charge is -2.22. The number of likely N-dealkylation sites (tertiary alicyclic amines) is 1. The molecule has 29 heavy (non-hydrogen) atoms. The van der Waals surface area contributed by atoms with Crippen LogP contribution in [0.15, 0.2) is 53.5 Å². The van der Waals surface area contributed by atoms with Crippen LogP contribution in [0.5, 0.6) is 0 Å². The molecule has 1 heterocycles. The van der Waals surface area contributed by atoms with Crippen LogP contribution in [-0.4, -0.2) is 42.3 Å². The third-order valence-corrected chi connectivity index (χ3v) is 5.14. The second-order valence-corrected chi connectivity index (χ2v) is 7.56. The zero-order valence-electron chi connectivity index (χ0n) is 16.9. The van der Waals surface area contributed by atoms with E-state index in [-0.39, 0.29) is 29.9 Å². The van der Waals surface area contributed by atoms with Crippen molar-refractivity contribution < 1.29 is 4.79 Å². The minimum atomic E-state index is 0. The Labute approximate surface area is 195 Å². The first-order valence-corrected chi connectivity index (χ1v) is 9.95. The molecular weight excluding hydrogens is 499 g/mol. The average molecular weight is 527 g/mol. The Morgan fingerprint density at radius 1 is 1.17 bits per heavy atom. The third kappa shape index (κ3) is 6.89. The fraction of sp³-hybridized carbons (Fsp3) is 0.364. The van der Waals surface area contributed by atoms with Crippen LogP contribution in [0, 0.1) is 0 Å². The van der Waals surface area contributed by atoms with Gasteiger partial charge < -0.3 is 15.1 Å². The van der Waals surface area contributed by atoms with Gasteiger partial charge in [0.25, 0.3) is 0 Å². The number of nitrogens with one attached hydrogen (secondary N) is 1. The summed E-state index contributed by atoms with van der Waals surface area (Å²) in [5, 5.41) is 4.14. The van der Waals surface area contributed by atoms with E-state index in [2.05, 4.69) is 45.5 Å². The number of carbonyl (C=O) groups is 1. The fourth-order valence-electron chi connectivity index (χ4n) is 3.40. The highest BCUT2D eigenvalue weighted by Crippen LogP contribution is 2.15. The van der Waals surface area contributed by atoms with E-state index in [1.165, 1.54) is 11.1 Å². The summed E-state index contributed by atoms with van der Waals surface area (Å²) in [6, 6.07) is 16.3. The quantitative estimate of drug-likeness (QED) is 0.347. The number of amides is 1. The Balaban J connectivity index is 0.00000300. The number of benzene rings is 2. The molecule has 0 radical (unpaired) electrons. The van der Waals surface area contributed by atoms with Gasteiger partial charge in [0.1, 0.15) is 0 Å². The summed E-state index contributed by atoms with van der Waals surface area (Å²) in [6.07, 6.45) is 1.66. The van der Waals surface area contributed by atoms with Crippen molar-refractivity contribution in [1.29, 1.82) is 0 Å². The van der Waals surface area contributed by atoms with Crippen LogP contribution in [0.2, 0.25) is 5.02 Å². The largest absolute Gasteiger partial charge is 0.352 e. The van der Waals surface area contributed by atoms with Crippen LogP contribution in [0.3, 0.4) is 0 Å². The van der Waals surface area contributed by atoms with Crippen molar-refractivity contribution in [2.24, 2.45) is 4.99 Å². The minimum absolute atomic E-state index is 0. The molecule has 0 spiro atoms. The van der Waals surface area contributed by atoms with E-state index < -0.39 is 0 Å². The lowest BCUT2D eigenvalue weighted by molar-refractivity contribution is -0.128. The van der Waals surface area contributed by atoms with Crippen molar-refractivity contribution in [2.75, 3.05) is 20.6 Å². The molecule has 2 aromatic carbocycles. The van der Waals surface area contributed by atoms with Crippen LogP contribution < -0.4 is 5.32 Å². The van der Waals surface area contributed by atoms with Gasteiger partial charge in [0.15, 0.2) is 5.96 Å². The van der Waals surface area contributed by atoms with Gasteiger partial charge in [-0.2, -0.15) is 0 Å². The molecule has 2 aromatic rings. The van der Waals surface area contributed by atoms with Crippen LogP contribution >= 0.6 is 35.6 Å². The second kappa shape index (κ2) is 11.4. The maximum absolute atomic E-state index is 11.8. The van der Waals surface area contributed by atoms with Gasteiger partial charge in [0.05, 0.1) is 0 Å². The zero-order chi connectivity index (χ0) is 19.9. The predicted octanol–water partition coefficient (Wildman–Crippen LogP) is 4.29. The van der Waals surface area contributed by atoms with Gasteiger partial charge >= 0.3 is 0 Å². The molecule has 0 atom stereocenters. The summed E-state index contributed by atoms with van der Waals surface area (Å²) >= 11 is 6.07. The van der Waals surface area contributed by atoms with E-state index in [4.69, 9.17) is 11.6 Å². The van der Waals surface area contributed by atoms with E-state index in [9.17, 15) is 4.79 Å². The van der Waals surface area contributed by atoms with Gasteiger partial charge in [-0.15, -0.1) is 24.0 Å². The molecule has 0 saturated carbocycles. The topological polar surface area (TPSA) is 47.9 Å². The van der Waals surface area contributed by atoms with E-state index in [0.717, 1.165) is 36.1 Å². The van der Waals surface area contributed by atoms with Crippen molar-refractivity contribution in [3.63, 3.8) is 0 Å². The molecule has 0 aliphatic carbocycles. The Bertz CT molecular complexity index is 841. The van der Waals surface area contributed by atoms with Gasteiger partial charge in [-0.25, -0.2) is 0 Å². The average Bonchev–Trinajstić information content (AvgIpc) is 3.08. The number of nitrogens with zero attached hydrogens (tertiary/aromatic N) is 3. The first-order valence-electron chi connectivity index (χ1n) is 9.57. The Hall–Kier alpha value is -1.80. The highest BCUT2D eigenvalue weighted by molar-refractivity contribution is 14.0. The normalized spacial score (nSPS) is 14.0.